The molecule has 0 aliphatic heterocycles. The number of hydrogen-bond donors (Lipinski definition) is 0. The predicted molar refractivity (Wildman–Crippen MR) is 63.4 cm³/mol. The van der Waals surface area contributed by atoms with E-state index in [-0.39, 0.29) is 5.82 Å². The molecule has 2 aromatic rings. The van der Waals surface area contributed by atoms with Gasteiger partial charge in [-0.25, -0.2) is 4.39 Å². The van der Waals surface area contributed by atoms with Crippen LogP contribution in [0.3, 0.4) is 0 Å². The molecule has 0 N–H and O–H groups in total. The lowest BCUT2D eigenvalue weighted by Gasteiger charge is -2.09. The Morgan fingerprint density at radius 3 is 2.50 bits per heavy atom. The molecular weight excluding hydrogens is 227 g/mol. The quantitative estimate of drug-likeness (QED) is 0.761. The van der Waals surface area contributed by atoms with E-state index in [2.05, 4.69) is 0 Å². The molecule has 0 saturated heterocycles. The molecular formula is C13H10ClFO. The van der Waals surface area contributed by atoms with Crippen LogP contribution in [0.15, 0.2) is 42.5 Å². The van der Waals surface area contributed by atoms with Crippen LogP contribution in [0.4, 0.5) is 4.39 Å². The molecule has 0 aromatic heterocycles. The van der Waals surface area contributed by atoms with E-state index in [1.54, 1.807) is 13.2 Å². The maximum Gasteiger partial charge on any atom is 0.126 e. The summed E-state index contributed by atoms with van der Waals surface area (Å²) in [4.78, 5) is 0. The van der Waals surface area contributed by atoms with E-state index < -0.39 is 0 Å². The summed E-state index contributed by atoms with van der Waals surface area (Å²) in [7, 11) is 1.59. The first-order valence-electron chi connectivity index (χ1n) is 4.81. The average molecular weight is 237 g/mol. The van der Waals surface area contributed by atoms with E-state index in [4.69, 9.17) is 16.3 Å². The van der Waals surface area contributed by atoms with Gasteiger partial charge in [-0.15, -0.1) is 0 Å². The summed E-state index contributed by atoms with van der Waals surface area (Å²) in [5.74, 6) is 0.375. The molecule has 0 aliphatic rings. The van der Waals surface area contributed by atoms with Crippen molar-refractivity contribution in [3.05, 3.63) is 53.3 Å². The number of benzene rings is 2. The number of para-hydroxylation sites is 1. The highest BCUT2D eigenvalue weighted by Crippen LogP contribution is 2.34. The molecule has 0 bridgehead atoms. The Hall–Kier alpha value is -1.54. The number of methoxy groups -OCH3 is 1. The molecule has 0 atom stereocenters. The van der Waals surface area contributed by atoms with Gasteiger partial charge >= 0.3 is 0 Å². The molecule has 0 unspecified atom stereocenters. The van der Waals surface area contributed by atoms with Crippen molar-refractivity contribution in [2.75, 3.05) is 7.11 Å². The van der Waals surface area contributed by atoms with Gasteiger partial charge in [-0.1, -0.05) is 29.8 Å². The molecule has 1 nitrogen and oxygen atoms in total. The predicted octanol–water partition coefficient (Wildman–Crippen LogP) is 4.15. The average Bonchev–Trinajstić information content (AvgIpc) is 2.29. The highest BCUT2D eigenvalue weighted by atomic mass is 35.5. The van der Waals surface area contributed by atoms with Crippen LogP contribution in [0.25, 0.3) is 11.1 Å². The van der Waals surface area contributed by atoms with Crippen molar-refractivity contribution < 1.29 is 9.13 Å². The second-order valence-corrected chi connectivity index (χ2v) is 3.73. The zero-order valence-corrected chi connectivity index (χ0v) is 9.46. The van der Waals surface area contributed by atoms with Crippen LogP contribution in [0.1, 0.15) is 0 Å². The highest BCUT2D eigenvalue weighted by Gasteiger charge is 2.09. The third kappa shape index (κ3) is 2.02. The Morgan fingerprint density at radius 1 is 1.06 bits per heavy atom. The maximum atomic E-state index is 12.9. The number of ether oxygens (including phenoxy) is 1. The summed E-state index contributed by atoms with van der Waals surface area (Å²) in [5, 5.41) is 0.379. The van der Waals surface area contributed by atoms with Crippen molar-refractivity contribution >= 4 is 11.6 Å². The SMILES string of the molecule is COc1ccccc1-c1ccc(F)cc1Cl. The third-order valence-electron chi connectivity index (χ3n) is 2.33. The van der Waals surface area contributed by atoms with Crippen molar-refractivity contribution in [3.8, 4) is 16.9 Å². The third-order valence-corrected chi connectivity index (χ3v) is 2.64. The normalized spacial score (nSPS) is 10.2. The monoisotopic (exact) mass is 236 g/mol. The molecule has 16 heavy (non-hydrogen) atoms. The second-order valence-electron chi connectivity index (χ2n) is 3.32. The topological polar surface area (TPSA) is 9.23 Å². The van der Waals surface area contributed by atoms with Crippen molar-refractivity contribution in [1.82, 2.24) is 0 Å². The van der Waals surface area contributed by atoms with E-state index in [1.807, 2.05) is 24.3 Å². The van der Waals surface area contributed by atoms with Crippen LogP contribution in [0.2, 0.25) is 5.02 Å². The van der Waals surface area contributed by atoms with Crippen molar-refractivity contribution in [2.24, 2.45) is 0 Å². The van der Waals surface area contributed by atoms with E-state index >= 15 is 0 Å². The van der Waals surface area contributed by atoms with Gasteiger partial charge < -0.3 is 4.74 Å². The molecule has 2 rings (SSSR count). The Kier molecular flexibility index (Phi) is 3.11. The Bertz CT molecular complexity index is 511. The molecule has 0 radical (unpaired) electrons. The zero-order chi connectivity index (χ0) is 11.5. The molecule has 0 aliphatic carbocycles. The lowest BCUT2D eigenvalue weighted by atomic mass is 10.0. The zero-order valence-electron chi connectivity index (χ0n) is 8.71. The first-order chi connectivity index (χ1) is 7.72. The van der Waals surface area contributed by atoms with E-state index in [0.717, 1.165) is 16.9 Å². The smallest absolute Gasteiger partial charge is 0.126 e. The summed E-state index contributed by atoms with van der Waals surface area (Å²) >= 11 is 6.00. The lowest BCUT2D eigenvalue weighted by Crippen LogP contribution is -1.88. The summed E-state index contributed by atoms with van der Waals surface area (Å²) in [6, 6.07) is 11.8. The summed E-state index contributed by atoms with van der Waals surface area (Å²) in [6.07, 6.45) is 0. The van der Waals surface area contributed by atoms with Crippen LogP contribution < -0.4 is 4.74 Å². The minimum atomic E-state index is -0.344. The van der Waals surface area contributed by atoms with Gasteiger partial charge in [-0.05, 0) is 24.3 Å². The van der Waals surface area contributed by atoms with Crippen molar-refractivity contribution in [1.29, 1.82) is 0 Å². The van der Waals surface area contributed by atoms with Gasteiger partial charge in [0.1, 0.15) is 11.6 Å². The first kappa shape index (κ1) is 11.0. The molecule has 2 aromatic carbocycles. The summed E-state index contributed by atoms with van der Waals surface area (Å²) < 4.78 is 18.2. The van der Waals surface area contributed by atoms with Crippen molar-refractivity contribution in [2.45, 2.75) is 0 Å². The first-order valence-corrected chi connectivity index (χ1v) is 5.18. The molecule has 82 valence electrons. The Balaban J connectivity index is 2.58. The molecule has 0 heterocycles. The number of rotatable bonds is 2. The number of hydrogen-bond acceptors (Lipinski definition) is 1. The fourth-order valence-corrected chi connectivity index (χ4v) is 1.84. The summed E-state index contributed by atoms with van der Waals surface area (Å²) in [6.45, 7) is 0. The van der Waals surface area contributed by atoms with Crippen LogP contribution in [-0.4, -0.2) is 7.11 Å². The largest absolute Gasteiger partial charge is 0.496 e. The van der Waals surface area contributed by atoms with Gasteiger partial charge in [-0.2, -0.15) is 0 Å². The van der Waals surface area contributed by atoms with Gasteiger partial charge in [0.05, 0.1) is 12.1 Å². The van der Waals surface area contributed by atoms with Crippen molar-refractivity contribution in [3.63, 3.8) is 0 Å². The molecule has 0 fully saturated rings. The maximum absolute atomic E-state index is 12.9. The molecule has 0 saturated carbocycles. The fourth-order valence-electron chi connectivity index (χ4n) is 1.58. The van der Waals surface area contributed by atoms with Crippen LogP contribution in [-0.2, 0) is 0 Å². The Labute approximate surface area is 98.4 Å². The highest BCUT2D eigenvalue weighted by molar-refractivity contribution is 6.33. The lowest BCUT2D eigenvalue weighted by molar-refractivity contribution is 0.416. The van der Waals surface area contributed by atoms with Gasteiger partial charge in [0.2, 0.25) is 0 Å². The molecule has 0 spiro atoms. The molecule has 0 amide bonds. The van der Waals surface area contributed by atoms with E-state index in [0.29, 0.717) is 5.02 Å². The van der Waals surface area contributed by atoms with Crippen LogP contribution in [0.5, 0.6) is 5.75 Å². The minimum Gasteiger partial charge on any atom is -0.496 e. The molecule has 3 heteroatoms. The standard InChI is InChI=1S/C13H10ClFO/c1-16-13-5-3-2-4-11(13)10-7-6-9(15)8-12(10)14/h2-8H,1H3. The van der Waals surface area contributed by atoms with Gasteiger partial charge in [0, 0.05) is 11.1 Å². The Morgan fingerprint density at radius 2 is 1.81 bits per heavy atom. The van der Waals surface area contributed by atoms with Crippen LogP contribution in [0, 0.1) is 5.82 Å². The second kappa shape index (κ2) is 4.54. The summed E-state index contributed by atoms with van der Waals surface area (Å²) in [5.41, 5.74) is 1.62. The number of halogens is 2. The van der Waals surface area contributed by atoms with E-state index in [1.165, 1.54) is 12.1 Å². The minimum absolute atomic E-state index is 0.344. The fraction of sp³-hybridized carbons (Fsp3) is 0.0769. The van der Waals surface area contributed by atoms with Crippen LogP contribution >= 0.6 is 11.6 Å². The van der Waals surface area contributed by atoms with E-state index in [9.17, 15) is 4.39 Å². The van der Waals surface area contributed by atoms with Gasteiger partial charge in [0.25, 0.3) is 0 Å². The van der Waals surface area contributed by atoms with Gasteiger partial charge in [-0.3, -0.25) is 0 Å². The van der Waals surface area contributed by atoms with Gasteiger partial charge in [0.15, 0.2) is 0 Å².